The van der Waals surface area contributed by atoms with Crippen molar-refractivity contribution in [3.05, 3.63) is 53.6 Å². The molecule has 0 aliphatic carbocycles. The van der Waals surface area contributed by atoms with Gasteiger partial charge in [0.15, 0.2) is 11.5 Å². The normalized spacial score (nSPS) is 13.3. The minimum Gasteiger partial charge on any atom is -0.508 e. The second-order valence-corrected chi connectivity index (χ2v) is 7.15. The van der Waals surface area contributed by atoms with Gasteiger partial charge in [0, 0.05) is 18.4 Å². The van der Waals surface area contributed by atoms with Gasteiger partial charge in [-0.15, -0.1) is 0 Å². The van der Waals surface area contributed by atoms with E-state index < -0.39 is 0 Å². The molecule has 5 nitrogen and oxygen atoms in total. The summed E-state index contributed by atoms with van der Waals surface area (Å²) in [4.78, 5) is 12.2. The second kappa shape index (κ2) is 7.68. The monoisotopic (exact) mass is 355 g/mol. The molecule has 0 bridgehead atoms. The predicted octanol–water partition coefficient (Wildman–Crippen LogP) is 3.19. The highest BCUT2D eigenvalue weighted by Crippen LogP contribution is 2.34. The van der Waals surface area contributed by atoms with Gasteiger partial charge in [0.2, 0.25) is 5.91 Å². The van der Waals surface area contributed by atoms with Gasteiger partial charge >= 0.3 is 0 Å². The number of nitrogens with one attached hydrogen (secondary N) is 1. The van der Waals surface area contributed by atoms with Crippen LogP contribution in [0.4, 0.5) is 0 Å². The number of phenolic OH excluding ortho intramolecular Hbond substituents is 1. The molecule has 0 fully saturated rings. The number of hydrogen-bond donors (Lipinski definition) is 2. The Bertz CT molecular complexity index is 785. The summed E-state index contributed by atoms with van der Waals surface area (Å²) in [6.07, 6.45) is 0.859. The van der Waals surface area contributed by atoms with Crippen LogP contribution in [0.25, 0.3) is 0 Å². The zero-order valence-corrected chi connectivity index (χ0v) is 15.2. The van der Waals surface area contributed by atoms with Crippen molar-refractivity contribution in [3.8, 4) is 17.2 Å². The highest BCUT2D eigenvalue weighted by atomic mass is 16.6. The first kappa shape index (κ1) is 18.1. The molecule has 1 amide bonds. The van der Waals surface area contributed by atoms with Crippen LogP contribution in [0.5, 0.6) is 17.2 Å². The van der Waals surface area contributed by atoms with Gasteiger partial charge in [0.25, 0.3) is 0 Å². The standard InChI is InChI=1S/C21H25NO4/c1-21(2,16-8-9-18-19(13-16)26-12-11-25-18)14-22-20(24)10-7-15-5-3-4-6-17(15)23/h3-6,8-9,13,23H,7,10-12,14H2,1-2H3,(H,22,24). The average Bonchev–Trinajstić information content (AvgIpc) is 2.65. The van der Waals surface area contributed by atoms with Crippen LogP contribution in [0.2, 0.25) is 0 Å². The third-order valence-electron chi connectivity index (χ3n) is 4.66. The van der Waals surface area contributed by atoms with Crippen molar-refractivity contribution in [2.24, 2.45) is 0 Å². The van der Waals surface area contributed by atoms with Crippen LogP contribution >= 0.6 is 0 Å². The molecule has 1 aliphatic rings. The number of amides is 1. The summed E-state index contributed by atoms with van der Waals surface area (Å²) < 4.78 is 11.2. The van der Waals surface area contributed by atoms with Crippen molar-refractivity contribution in [1.29, 1.82) is 0 Å². The van der Waals surface area contributed by atoms with Crippen LogP contribution in [0.15, 0.2) is 42.5 Å². The van der Waals surface area contributed by atoms with E-state index in [1.54, 1.807) is 12.1 Å². The van der Waals surface area contributed by atoms with Crippen molar-refractivity contribution < 1.29 is 19.4 Å². The first-order chi connectivity index (χ1) is 12.5. The van der Waals surface area contributed by atoms with Crippen molar-refractivity contribution in [3.63, 3.8) is 0 Å². The summed E-state index contributed by atoms with van der Waals surface area (Å²) in [7, 11) is 0. The van der Waals surface area contributed by atoms with Gasteiger partial charge in [-0.1, -0.05) is 38.1 Å². The zero-order valence-electron chi connectivity index (χ0n) is 15.2. The van der Waals surface area contributed by atoms with E-state index in [1.807, 2.05) is 30.3 Å². The lowest BCUT2D eigenvalue weighted by atomic mass is 9.84. The predicted molar refractivity (Wildman–Crippen MR) is 99.9 cm³/mol. The Morgan fingerprint density at radius 2 is 1.85 bits per heavy atom. The second-order valence-electron chi connectivity index (χ2n) is 7.15. The number of carbonyl (C=O) groups excluding carboxylic acids is 1. The molecule has 138 valence electrons. The van der Waals surface area contributed by atoms with E-state index in [0.717, 1.165) is 22.6 Å². The van der Waals surface area contributed by atoms with Gasteiger partial charge in [-0.2, -0.15) is 0 Å². The molecular formula is C21H25NO4. The molecular weight excluding hydrogens is 330 g/mol. The molecule has 0 unspecified atom stereocenters. The smallest absolute Gasteiger partial charge is 0.220 e. The van der Waals surface area contributed by atoms with Gasteiger partial charge in [-0.25, -0.2) is 0 Å². The molecule has 2 aromatic carbocycles. The molecule has 0 saturated carbocycles. The third-order valence-corrected chi connectivity index (χ3v) is 4.66. The Balaban J connectivity index is 1.56. The van der Waals surface area contributed by atoms with E-state index in [4.69, 9.17) is 9.47 Å². The highest BCUT2D eigenvalue weighted by Gasteiger charge is 2.24. The van der Waals surface area contributed by atoms with Gasteiger partial charge in [0.1, 0.15) is 19.0 Å². The van der Waals surface area contributed by atoms with Gasteiger partial charge in [-0.3, -0.25) is 4.79 Å². The van der Waals surface area contributed by atoms with E-state index in [9.17, 15) is 9.90 Å². The number of benzene rings is 2. The number of carbonyl (C=O) groups is 1. The molecule has 0 spiro atoms. The Morgan fingerprint density at radius 3 is 2.62 bits per heavy atom. The lowest BCUT2D eigenvalue weighted by molar-refractivity contribution is -0.121. The summed E-state index contributed by atoms with van der Waals surface area (Å²) >= 11 is 0. The van der Waals surface area contributed by atoms with Crippen LogP contribution in [0.3, 0.4) is 0 Å². The summed E-state index contributed by atoms with van der Waals surface area (Å²) in [6, 6.07) is 13.0. The number of rotatable bonds is 6. The largest absolute Gasteiger partial charge is 0.508 e. The summed E-state index contributed by atoms with van der Waals surface area (Å²) in [6.45, 7) is 5.82. The summed E-state index contributed by atoms with van der Waals surface area (Å²) in [5.41, 5.74) is 1.64. The molecule has 0 aromatic heterocycles. The first-order valence-electron chi connectivity index (χ1n) is 8.89. The van der Waals surface area contributed by atoms with Crippen LogP contribution in [0.1, 0.15) is 31.4 Å². The first-order valence-corrected chi connectivity index (χ1v) is 8.89. The van der Waals surface area contributed by atoms with E-state index in [-0.39, 0.29) is 17.1 Å². The molecule has 1 aliphatic heterocycles. The van der Waals surface area contributed by atoms with Gasteiger partial charge in [0.05, 0.1) is 0 Å². The average molecular weight is 355 g/mol. The van der Waals surface area contributed by atoms with Gasteiger partial charge in [-0.05, 0) is 35.7 Å². The lowest BCUT2D eigenvalue weighted by Gasteiger charge is -2.28. The molecule has 0 atom stereocenters. The molecule has 3 rings (SSSR count). The maximum Gasteiger partial charge on any atom is 0.220 e. The minimum atomic E-state index is -0.236. The van der Waals surface area contributed by atoms with Crippen molar-refractivity contribution in [2.75, 3.05) is 19.8 Å². The number of ether oxygens (including phenoxy) is 2. The van der Waals surface area contributed by atoms with E-state index in [1.165, 1.54) is 0 Å². The van der Waals surface area contributed by atoms with Crippen molar-refractivity contribution in [2.45, 2.75) is 32.1 Å². The SMILES string of the molecule is CC(C)(CNC(=O)CCc1ccccc1O)c1ccc2c(c1)OCCO2. The minimum absolute atomic E-state index is 0.0288. The Kier molecular flexibility index (Phi) is 5.35. The van der Waals surface area contributed by atoms with Crippen LogP contribution in [0, 0.1) is 0 Å². The molecule has 26 heavy (non-hydrogen) atoms. The molecule has 5 heteroatoms. The van der Waals surface area contributed by atoms with E-state index >= 15 is 0 Å². The van der Waals surface area contributed by atoms with Crippen molar-refractivity contribution >= 4 is 5.91 Å². The number of phenols is 1. The highest BCUT2D eigenvalue weighted by molar-refractivity contribution is 5.76. The number of fused-ring (bicyclic) bond motifs is 1. The molecule has 2 aromatic rings. The van der Waals surface area contributed by atoms with Crippen LogP contribution < -0.4 is 14.8 Å². The maximum absolute atomic E-state index is 12.2. The fraction of sp³-hybridized carbons (Fsp3) is 0.381. The van der Waals surface area contributed by atoms with E-state index in [2.05, 4.69) is 19.2 Å². The Morgan fingerprint density at radius 1 is 1.12 bits per heavy atom. The van der Waals surface area contributed by atoms with Crippen molar-refractivity contribution in [1.82, 2.24) is 5.32 Å². The molecule has 0 radical (unpaired) electrons. The number of aromatic hydroxyl groups is 1. The molecule has 1 heterocycles. The van der Waals surface area contributed by atoms with Crippen LogP contribution in [-0.2, 0) is 16.6 Å². The number of hydrogen-bond acceptors (Lipinski definition) is 4. The summed E-state index contributed by atoms with van der Waals surface area (Å²) in [5, 5.41) is 12.8. The number of para-hydroxylation sites is 1. The lowest BCUT2D eigenvalue weighted by Crippen LogP contribution is -2.36. The van der Waals surface area contributed by atoms with E-state index in [0.29, 0.717) is 32.6 Å². The maximum atomic E-state index is 12.2. The fourth-order valence-corrected chi connectivity index (χ4v) is 2.94. The quantitative estimate of drug-likeness (QED) is 0.835. The Hall–Kier alpha value is -2.69. The molecule has 2 N–H and O–H groups in total. The Labute approximate surface area is 153 Å². The number of aryl methyl sites for hydroxylation is 1. The zero-order chi connectivity index (χ0) is 18.6. The van der Waals surface area contributed by atoms with Crippen LogP contribution in [-0.4, -0.2) is 30.8 Å². The molecule has 0 saturated heterocycles. The topological polar surface area (TPSA) is 67.8 Å². The third kappa shape index (κ3) is 4.28. The summed E-state index contributed by atoms with van der Waals surface area (Å²) in [5.74, 6) is 1.73. The fourth-order valence-electron chi connectivity index (χ4n) is 2.94. The van der Waals surface area contributed by atoms with Gasteiger partial charge < -0.3 is 19.9 Å².